The monoisotopic (exact) mass is 343 g/mol. The van der Waals surface area contributed by atoms with Crippen LogP contribution in [0, 0.1) is 11.8 Å². The Morgan fingerprint density at radius 2 is 1.42 bits per heavy atom. The minimum atomic E-state index is -0.227. The topological polar surface area (TPSA) is 71.1 Å². The summed E-state index contributed by atoms with van der Waals surface area (Å²) in [6.07, 6.45) is 3.98. The van der Waals surface area contributed by atoms with Crippen molar-refractivity contribution in [2.75, 3.05) is 0 Å². The molecule has 1 aliphatic carbocycles. The number of aromatic nitrogens is 1. The van der Waals surface area contributed by atoms with Crippen molar-refractivity contribution in [2.24, 2.45) is 11.8 Å². The van der Waals surface area contributed by atoms with Crippen molar-refractivity contribution in [3.63, 3.8) is 0 Å². The number of carbonyl (C=O) groups excluding carboxylic acids is 2. The molecule has 1 heterocycles. The van der Waals surface area contributed by atoms with E-state index in [1.54, 1.807) is 24.5 Å². The van der Waals surface area contributed by atoms with Crippen LogP contribution < -0.4 is 10.6 Å². The van der Waals surface area contributed by atoms with Crippen LogP contribution in [-0.4, -0.2) is 16.8 Å². The van der Waals surface area contributed by atoms with Gasteiger partial charge in [-0.2, -0.15) is 0 Å². The molecule has 0 spiro atoms. The van der Waals surface area contributed by atoms with E-state index >= 15 is 0 Å². The largest absolute Gasteiger partial charge is 0.352 e. The molecule has 0 bridgehead atoms. The number of benzene rings is 1. The van der Waals surface area contributed by atoms with Gasteiger partial charge < -0.3 is 10.6 Å². The van der Waals surface area contributed by atoms with E-state index in [1.165, 1.54) is 0 Å². The molecule has 2 atom stereocenters. The van der Waals surface area contributed by atoms with Crippen molar-refractivity contribution in [3.05, 3.63) is 64.9 Å². The van der Waals surface area contributed by atoms with E-state index in [0.29, 0.717) is 24.5 Å². The van der Waals surface area contributed by atoms with E-state index < -0.39 is 0 Å². The van der Waals surface area contributed by atoms with E-state index in [9.17, 15) is 9.59 Å². The number of hydrogen-bond donors (Lipinski definition) is 2. The summed E-state index contributed by atoms with van der Waals surface area (Å²) in [6, 6.07) is 11.0. The molecular weight excluding hydrogens is 326 g/mol. The van der Waals surface area contributed by atoms with Gasteiger partial charge in [0.25, 0.3) is 0 Å². The molecule has 2 unspecified atom stereocenters. The third kappa shape index (κ3) is 4.32. The summed E-state index contributed by atoms with van der Waals surface area (Å²) < 4.78 is 0. The second-order valence-corrected chi connectivity index (χ2v) is 6.30. The summed E-state index contributed by atoms with van der Waals surface area (Å²) >= 11 is 5.83. The SMILES string of the molecule is O=C(NCc1ccncc1)C1CC1C(=O)NCc1ccc(Cl)cc1. The van der Waals surface area contributed by atoms with Crippen LogP contribution in [0.3, 0.4) is 0 Å². The van der Waals surface area contributed by atoms with Gasteiger partial charge in [0, 0.05) is 30.5 Å². The summed E-state index contributed by atoms with van der Waals surface area (Å²) in [5, 5.41) is 6.40. The minimum absolute atomic E-state index is 0.0709. The van der Waals surface area contributed by atoms with Crippen LogP contribution in [0.15, 0.2) is 48.8 Å². The van der Waals surface area contributed by atoms with Crippen molar-refractivity contribution >= 4 is 23.4 Å². The number of amides is 2. The summed E-state index contributed by atoms with van der Waals surface area (Å²) in [6.45, 7) is 0.898. The average molecular weight is 344 g/mol. The first kappa shape index (κ1) is 16.5. The predicted molar refractivity (Wildman–Crippen MR) is 91.0 cm³/mol. The van der Waals surface area contributed by atoms with Gasteiger partial charge in [0.2, 0.25) is 11.8 Å². The number of nitrogens with zero attached hydrogens (tertiary/aromatic N) is 1. The highest BCUT2D eigenvalue weighted by atomic mass is 35.5. The molecule has 24 heavy (non-hydrogen) atoms. The molecule has 6 heteroatoms. The first-order valence-corrected chi connectivity index (χ1v) is 8.20. The maximum atomic E-state index is 12.1. The maximum Gasteiger partial charge on any atom is 0.224 e. The van der Waals surface area contributed by atoms with Gasteiger partial charge in [0.1, 0.15) is 0 Å². The zero-order valence-electron chi connectivity index (χ0n) is 13.0. The van der Waals surface area contributed by atoms with Gasteiger partial charge in [-0.3, -0.25) is 14.6 Å². The molecule has 1 aromatic carbocycles. The molecule has 1 aromatic heterocycles. The molecule has 0 aliphatic heterocycles. The molecule has 124 valence electrons. The van der Waals surface area contributed by atoms with Crippen molar-refractivity contribution in [3.8, 4) is 0 Å². The van der Waals surface area contributed by atoms with E-state index in [2.05, 4.69) is 15.6 Å². The van der Waals surface area contributed by atoms with Gasteiger partial charge in [-0.15, -0.1) is 0 Å². The standard InChI is InChI=1S/C18H18ClN3O2/c19-14-3-1-12(2-4-14)10-21-17(23)15-9-16(15)18(24)22-11-13-5-7-20-8-6-13/h1-8,15-16H,9-11H2,(H,21,23)(H,22,24). The Hall–Kier alpha value is -2.40. The summed E-state index contributed by atoms with van der Waals surface area (Å²) in [5.74, 6) is -0.598. The van der Waals surface area contributed by atoms with Crippen LogP contribution in [0.1, 0.15) is 17.5 Å². The molecule has 5 nitrogen and oxygen atoms in total. The number of hydrogen-bond acceptors (Lipinski definition) is 3. The van der Waals surface area contributed by atoms with E-state index in [0.717, 1.165) is 11.1 Å². The second-order valence-electron chi connectivity index (χ2n) is 5.87. The lowest BCUT2D eigenvalue weighted by Crippen LogP contribution is -2.29. The molecule has 2 N–H and O–H groups in total. The Labute approximate surface area is 145 Å². The Morgan fingerprint density at radius 1 is 0.917 bits per heavy atom. The zero-order valence-corrected chi connectivity index (χ0v) is 13.8. The smallest absolute Gasteiger partial charge is 0.224 e. The van der Waals surface area contributed by atoms with E-state index in [4.69, 9.17) is 11.6 Å². The van der Waals surface area contributed by atoms with Crippen LogP contribution >= 0.6 is 11.6 Å². The number of pyridine rings is 1. The molecule has 1 aliphatic rings. The molecular formula is C18H18ClN3O2. The fraction of sp³-hybridized carbons (Fsp3) is 0.278. The fourth-order valence-electron chi connectivity index (χ4n) is 2.52. The Kier molecular flexibility index (Phi) is 5.11. The molecule has 3 rings (SSSR count). The van der Waals surface area contributed by atoms with Crippen LogP contribution in [-0.2, 0) is 22.7 Å². The summed E-state index contributed by atoms with van der Waals surface area (Å²) in [5.41, 5.74) is 1.97. The molecule has 2 amide bonds. The van der Waals surface area contributed by atoms with Gasteiger partial charge in [-0.25, -0.2) is 0 Å². The van der Waals surface area contributed by atoms with Crippen molar-refractivity contribution in [1.82, 2.24) is 15.6 Å². The highest BCUT2D eigenvalue weighted by Gasteiger charge is 2.47. The Balaban J connectivity index is 1.41. The lowest BCUT2D eigenvalue weighted by molar-refractivity contribution is -0.127. The fourth-order valence-corrected chi connectivity index (χ4v) is 2.64. The first-order valence-electron chi connectivity index (χ1n) is 7.82. The van der Waals surface area contributed by atoms with Gasteiger partial charge >= 0.3 is 0 Å². The number of halogens is 1. The number of nitrogens with one attached hydrogen (secondary N) is 2. The van der Waals surface area contributed by atoms with Crippen LogP contribution in [0.5, 0.6) is 0 Å². The average Bonchev–Trinajstić information content (AvgIpc) is 3.41. The van der Waals surface area contributed by atoms with Gasteiger partial charge in [-0.1, -0.05) is 23.7 Å². The Bertz CT molecular complexity index is 719. The normalized spacial score (nSPS) is 18.7. The first-order chi connectivity index (χ1) is 11.6. The number of rotatable bonds is 6. The van der Waals surface area contributed by atoms with Crippen molar-refractivity contribution < 1.29 is 9.59 Å². The second kappa shape index (κ2) is 7.45. The lowest BCUT2D eigenvalue weighted by atomic mass is 10.2. The van der Waals surface area contributed by atoms with Crippen LogP contribution in [0.25, 0.3) is 0 Å². The molecule has 0 radical (unpaired) electrons. The third-order valence-corrected chi connectivity index (χ3v) is 4.31. The van der Waals surface area contributed by atoms with Gasteiger partial charge in [-0.05, 0) is 41.8 Å². The maximum absolute atomic E-state index is 12.1. The molecule has 1 saturated carbocycles. The number of carbonyl (C=O) groups is 2. The minimum Gasteiger partial charge on any atom is -0.352 e. The van der Waals surface area contributed by atoms with Gasteiger partial charge in [0.05, 0.1) is 11.8 Å². The summed E-state index contributed by atoms with van der Waals surface area (Å²) in [7, 11) is 0. The quantitative estimate of drug-likeness (QED) is 0.845. The van der Waals surface area contributed by atoms with Gasteiger partial charge in [0.15, 0.2) is 0 Å². The lowest BCUT2D eigenvalue weighted by Gasteiger charge is -2.06. The van der Waals surface area contributed by atoms with E-state index in [-0.39, 0.29) is 23.7 Å². The molecule has 0 saturated heterocycles. The third-order valence-electron chi connectivity index (χ3n) is 4.06. The van der Waals surface area contributed by atoms with Crippen LogP contribution in [0.2, 0.25) is 5.02 Å². The van der Waals surface area contributed by atoms with Crippen molar-refractivity contribution in [2.45, 2.75) is 19.5 Å². The molecule has 1 fully saturated rings. The Morgan fingerprint density at radius 3 is 1.96 bits per heavy atom. The van der Waals surface area contributed by atoms with Crippen LogP contribution in [0.4, 0.5) is 0 Å². The van der Waals surface area contributed by atoms with E-state index in [1.807, 2.05) is 24.3 Å². The highest BCUT2D eigenvalue weighted by molar-refractivity contribution is 6.30. The predicted octanol–water partition coefficient (Wildman–Crippen LogP) is 2.30. The zero-order chi connectivity index (χ0) is 16.9. The van der Waals surface area contributed by atoms with Crippen molar-refractivity contribution in [1.29, 1.82) is 0 Å². The molecule has 2 aromatic rings. The highest BCUT2D eigenvalue weighted by Crippen LogP contribution is 2.38. The summed E-state index contributed by atoms with van der Waals surface area (Å²) in [4.78, 5) is 28.1.